The molecule has 2 rings (SSSR count). The highest BCUT2D eigenvalue weighted by Crippen LogP contribution is 2.32. The fourth-order valence-electron chi connectivity index (χ4n) is 2.77. The van der Waals surface area contributed by atoms with E-state index >= 15 is 0 Å². The number of nitrogens with one attached hydrogen (secondary N) is 2. The number of aliphatic hydroxyl groups is 1. The summed E-state index contributed by atoms with van der Waals surface area (Å²) in [7, 11) is 0. The topological polar surface area (TPSA) is 95.5 Å². The van der Waals surface area contributed by atoms with Crippen molar-refractivity contribution in [3.8, 4) is 0 Å². The Hall–Kier alpha value is -2.21. The van der Waals surface area contributed by atoms with Crippen LogP contribution in [-0.2, 0) is 15.0 Å². The van der Waals surface area contributed by atoms with E-state index in [0.29, 0.717) is 24.8 Å². The molecule has 1 aromatic carbocycles. The van der Waals surface area contributed by atoms with Gasteiger partial charge in [-0.3, -0.25) is 20.2 Å². The highest BCUT2D eigenvalue weighted by Gasteiger charge is 2.50. The molecule has 1 aliphatic heterocycles. The number of barbiturate groups is 1. The highest BCUT2D eigenvalue weighted by molar-refractivity contribution is 6.22. The van der Waals surface area contributed by atoms with E-state index in [2.05, 4.69) is 10.6 Å². The number of carbonyl (C=O) groups is 3. The third-order valence-corrected chi connectivity index (χ3v) is 3.96. The number of rotatable bonds is 7. The number of benzene rings is 1. The maximum absolute atomic E-state index is 12.4. The van der Waals surface area contributed by atoms with E-state index in [1.165, 1.54) is 0 Å². The average molecular weight is 304 g/mol. The van der Waals surface area contributed by atoms with Crippen molar-refractivity contribution in [2.75, 3.05) is 6.61 Å². The molecule has 0 radical (unpaired) electrons. The van der Waals surface area contributed by atoms with Crippen LogP contribution in [0.3, 0.4) is 0 Å². The van der Waals surface area contributed by atoms with Crippen molar-refractivity contribution >= 4 is 17.8 Å². The summed E-state index contributed by atoms with van der Waals surface area (Å²) in [6.07, 6.45) is 3.33. The Labute approximate surface area is 128 Å². The number of amides is 4. The lowest BCUT2D eigenvalue weighted by atomic mass is 9.73. The summed E-state index contributed by atoms with van der Waals surface area (Å²) in [5.41, 5.74) is -0.784. The number of carbonyl (C=O) groups excluding carboxylic acids is 3. The minimum atomic E-state index is -1.37. The van der Waals surface area contributed by atoms with Gasteiger partial charge in [-0.2, -0.15) is 0 Å². The van der Waals surface area contributed by atoms with Gasteiger partial charge >= 0.3 is 6.03 Å². The minimum Gasteiger partial charge on any atom is -0.396 e. The lowest BCUT2D eigenvalue weighted by molar-refractivity contribution is -0.139. The molecule has 1 aliphatic rings. The van der Waals surface area contributed by atoms with Gasteiger partial charge in [-0.25, -0.2) is 4.79 Å². The Kier molecular flexibility index (Phi) is 5.27. The molecule has 0 saturated carbocycles. The SMILES string of the molecule is O=C1NC(=O)C(CCCCCCO)(c2ccccc2)C(=O)N1. The van der Waals surface area contributed by atoms with Crippen molar-refractivity contribution < 1.29 is 19.5 Å². The maximum atomic E-state index is 12.4. The summed E-state index contributed by atoms with van der Waals surface area (Å²) in [5.74, 6) is -1.15. The molecule has 0 aliphatic carbocycles. The van der Waals surface area contributed by atoms with Crippen LogP contribution in [0.5, 0.6) is 0 Å². The van der Waals surface area contributed by atoms with Crippen LogP contribution in [-0.4, -0.2) is 29.6 Å². The van der Waals surface area contributed by atoms with Gasteiger partial charge in [0.05, 0.1) is 0 Å². The van der Waals surface area contributed by atoms with E-state index in [9.17, 15) is 14.4 Å². The molecule has 1 aromatic rings. The van der Waals surface area contributed by atoms with Gasteiger partial charge in [-0.15, -0.1) is 0 Å². The Balaban J connectivity index is 2.23. The van der Waals surface area contributed by atoms with E-state index in [1.807, 2.05) is 6.07 Å². The molecule has 3 N–H and O–H groups in total. The lowest BCUT2D eigenvalue weighted by Crippen LogP contribution is -2.64. The van der Waals surface area contributed by atoms with E-state index in [4.69, 9.17) is 5.11 Å². The molecule has 1 fully saturated rings. The zero-order valence-corrected chi connectivity index (χ0v) is 12.3. The van der Waals surface area contributed by atoms with Crippen LogP contribution in [0.25, 0.3) is 0 Å². The van der Waals surface area contributed by atoms with Gasteiger partial charge in [0.2, 0.25) is 11.8 Å². The van der Waals surface area contributed by atoms with E-state index in [0.717, 1.165) is 12.8 Å². The second-order valence-electron chi connectivity index (χ2n) is 5.40. The largest absolute Gasteiger partial charge is 0.396 e. The molecule has 0 spiro atoms. The maximum Gasteiger partial charge on any atom is 0.328 e. The average Bonchev–Trinajstić information content (AvgIpc) is 2.50. The Morgan fingerprint density at radius 3 is 2.05 bits per heavy atom. The fraction of sp³-hybridized carbons (Fsp3) is 0.438. The van der Waals surface area contributed by atoms with E-state index in [-0.39, 0.29) is 6.61 Å². The number of unbranched alkanes of at least 4 members (excludes halogenated alkanes) is 3. The summed E-state index contributed by atoms with van der Waals surface area (Å²) in [4.78, 5) is 36.2. The summed E-state index contributed by atoms with van der Waals surface area (Å²) in [6.45, 7) is 0.138. The zero-order chi connectivity index (χ0) is 16.0. The van der Waals surface area contributed by atoms with Gasteiger partial charge in [-0.1, -0.05) is 49.6 Å². The molecule has 0 aromatic heterocycles. The summed E-state index contributed by atoms with van der Waals surface area (Å²) < 4.78 is 0. The van der Waals surface area contributed by atoms with Crippen molar-refractivity contribution in [3.63, 3.8) is 0 Å². The molecule has 1 heterocycles. The third kappa shape index (κ3) is 3.17. The van der Waals surface area contributed by atoms with Crippen LogP contribution in [0.2, 0.25) is 0 Å². The first kappa shape index (κ1) is 16.2. The van der Waals surface area contributed by atoms with Gasteiger partial charge in [0, 0.05) is 6.61 Å². The van der Waals surface area contributed by atoms with Crippen LogP contribution in [0.1, 0.15) is 37.7 Å². The minimum absolute atomic E-state index is 0.138. The second kappa shape index (κ2) is 7.17. The smallest absolute Gasteiger partial charge is 0.328 e. The first-order valence-corrected chi connectivity index (χ1v) is 7.44. The number of hydrogen-bond donors (Lipinski definition) is 3. The highest BCUT2D eigenvalue weighted by atomic mass is 16.3. The molecular weight excluding hydrogens is 284 g/mol. The number of urea groups is 1. The van der Waals surface area contributed by atoms with E-state index < -0.39 is 23.3 Å². The van der Waals surface area contributed by atoms with Gasteiger partial charge in [0.1, 0.15) is 0 Å². The molecule has 0 unspecified atom stereocenters. The summed E-state index contributed by atoms with van der Waals surface area (Å²) >= 11 is 0. The molecular formula is C16H20N2O4. The number of hydrogen-bond acceptors (Lipinski definition) is 4. The molecule has 6 nitrogen and oxygen atoms in total. The first-order valence-electron chi connectivity index (χ1n) is 7.44. The molecule has 6 heteroatoms. The zero-order valence-electron chi connectivity index (χ0n) is 12.3. The quantitative estimate of drug-likeness (QED) is 0.521. The normalized spacial score (nSPS) is 17.0. The first-order chi connectivity index (χ1) is 10.6. The van der Waals surface area contributed by atoms with Crippen molar-refractivity contribution in [3.05, 3.63) is 35.9 Å². The van der Waals surface area contributed by atoms with Crippen molar-refractivity contribution in [2.24, 2.45) is 0 Å². The predicted octanol–water partition coefficient (Wildman–Crippen LogP) is 1.23. The van der Waals surface area contributed by atoms with Gasteiger partial charge in [0.25, 0.3) is 0 Å². The monoisotopic (exact) mass is 304 g/mol. The summed E-state index contributed by atoms with van der Waals surface area (Å²) in [5, 5.41) is 13.2. The van der Waals surface area contributed by atoms with Crippen LogP contribution >= 0.6 is 0 Å². The lowest BCUT2D eigenvalue weighted by Gasteiger charge is -2.34. The van der Waals surface area contributed by atoms with Crippen LogP contribution < -0.4 is 10.6 Å². The third-order valence-electron chi connectivity index (χ3n) is 3.96. The molecule has 118 valence electrons. The Morgan fingerprint density at radius 2 is 1.45 bits per heavy atom. The van der Waals surface area contributed by atoms with Crippen molar-refractivity contribution in [1.29, 1.82) is 0 Å². The van der Waals surface area contributed by atoms with Gasteiger partial charge < -0.3 is 5.11 Å². The fourth-order valence-corrected chi connectivity index (χ4v) is 2.77. The number of aliphatic hydroxyl groups excluding tert-OH is 1. The molecule has 4 amide bonds. The Bertz CT molecular complexity index is 537. The molecule has 0 bridgehead atoms. The predicted molar refractivity (Wildman–Crippen MR) is 80.0 cm³/mol. The Morgan fingerprint density at radius 1 is 0.864 bits per heavy atom. The number of imide groups is 2. The molecule has 0 atom stereocenters. The van der Waals surface area contributed by atoms with Crippen molar-refractivity contribution in [1.82, 2.24) is 10.6 Å². The second-order valence-corrected chi connectivity index (χ2v) is 5.40. The van der Waals surface area contributed by atoms with Crippen LogP contribution in [0.15, 0.2) is 30.3 Å². The molecule has 22 heavy (non-hydrogen) atoms. The van der Waals surface area contributed by atoms with Crippen molar-refractivity contribution in [2.45, 2.75) is 37.5 Å². The molecule has 1 saturated heterocycles. The summed E-state index contributed by atoms with van der Waals surface area (Å²) in [6, 6.07) is 8.01. The van der Waals surface area contributed by atoms with Crippen LogP contribution in [0, 0.1) is 0 Å². The van der Waals surface area contributed by atoms with E-state index in [1.54, 1.807) is 24.3 Å². The standard InChI is InChI=1S/C16H20N2O4/c19-11-7-2-1-6-10-16(12-8-4-3-5-9-12)13(20)17-15(22)18-14(16)21/h3-5,8-9,19H,1-2,6-7,10-11H2,(H2,17,18,20,21,22). The van der Waals surface area contributed by atoms with Gasteiger partial charge in [-0.05, 0) is 18.4 Å². The van der Waals surface area contributed by atoms with Gasteiger partial charge in [0.15, 0.2) is 5.41 Å². The van der Waals surface area contributed by atoms with Crippen LogP contribution in [0.4, 0.5) is 4.79 Å².